The van der Waals surface area contributed by atoms with Gasteiger partial charge in [0.2, 0.25) is 0 Å². The standard InChI is InChI=1S/C14H16ClN3O2S/c15-11-5-3-10(4-6-11)9-21-14-17-16-13(19)18(14)8-12-2-1-7-20-12/h3-6,12H,1-2,7-9H2,(H,16,19)/t12-/m0/s1. The zero-order chi connectivity index (χ0) is 14.7. The first-order valence-electron chi connectivity index (χ1n) is 6.86. The van der Waals surface area contributed by atoms with E-state index in [1.165, 1.54) is 11.8 Å². The molecule has 3 rings (SSSR count). The van der Waals surface area contributed by atoms with Crippen molar-refractivity contribution in [3.05, 3.63) is 45.3 Å². The number of aromatic amines is 1. The number of aromatic nitrogens is 3. The molecule has 1 aliphatic heterocycles. The fourth-order valence-electron chi connectivity index (χ4n) is 2.29. The Hall–Kier alpha value is -1.24. The maximum absolute atomic E-state index is 11.8. The fourth-order valence-corrected chi connectivity index (χ4v) is 3.33. The molecular formula is C14H16ClN3O2S. The summed E-state index contributed by atoms with van der Waals surface area (Å²) in [5.41, 5.74) is 0.965. The van der Waals surface area contributed by atoms with E-state index in [-0.39, 0.29) is 11.8 Å². The average molecular weight is 326 g/mol. The molecule has 0 amide bonds. The molecule has 7 heteroatoms. The Kier molecular flexibility index (Phi) is 4.67. The van der Waals surface area contributed by atoms with E-state index in [2.05, 4.69) is 10.2 Å². The molecule has 0 unspecified atom stereocenters. The van der Waals surface area contributed by atoms with E-state index in [9.17, 15) is 4.79 Å². The molecule has 1 atom stereocenters. The molecule has 1 aliphatic rings. The van der Waals surface area contributed by atoms with Crippen molar-refractivity contribution in [2.24, 2.45) is 0 Å². The van der Waals surface area contributed by atoms with Gasteiger partial charge in [-0.1, -0.05) is 35.5 Å². The van der Waals surface area contributed by atoms with Crippen LogP contribution in [-0.2, 0) is 17.0 Å². The van der Waals surface area contributed by atoms with Gasteiger partial charge < -0.3 is 4.74 Å². The van der Waals surface area contributed by atoms with E-state index in [4.69, 9.17) is 16.3 Å². The van der Waals surface area contributed by atoms with E-state index in [1.807, 2.05) is 24.3 Å². The van der Waals surface area contributed by atoms with Crippen LogP contribution in [0.25, 0.3) is 0 Å². The van der Waals surface area contributed by atoms with Gasteiger partial charge in [0.25, 0.3) is 0 Å². The van der Waals surface area contributed by atoms with Crippen LogP contribution in [0.1, 0.15) is 18.4 Å². The number of hydrogen-bond donors (Lipinski definition) is 1. The highest BCUT2D eigenvalue weighted by Crippen LogP contribution is 2.22. The molecule has 0 saturated carbocycles. The highest BCUT2D eigenvalue weighted by molar-refractivity contribution is 7.98. The smallest absolute Gasteiger partial charge is 0.344 e. The number of rotatable bonds is 5. The van der Waals surface area contributed by atoms with Crippen molar-refractivity contribution in [1.82, 2.24) is 14.8 Å². The molecule has 1 aromatic carbocycles. The third-order valence-electron chi connectivity index (χ3n) is 3.41. The van der Waals surface area contributed by atoms with Crippen LogP contribution in [0, 0.1) is 0 Å². The van der Waals surface area contributed by atoms with Gasteiger partial charge in [0.15, 0.2) is 5.16 Å². The quantitative estimate of drug-likeness (QED) is 0.859. The summed E-state index contributed by atoms with van der Waals surface area (Å²) >= 11 is 7.40. The summed E-state index contributed by atoms with van der Waals surface area (Å²) < 4.78 is 7.25. The largest absolute Gasteiger partial charge is 0.376 e. The second-order valence-corrected chi connectivity index (χ2v) is 6.35. The van der Waals surface area contributed by atoms with Crippen molar-refractivity contribution >= 4 is 23.4 Å². The minimum atomic E-state index is -0.177. The minimum absolute atomic E-state index is 0.121. The van der Waals surface area contributed by atoms with Crippen LogP contribution in [0.4, 0.5) is 0 Å². The first-order chi connectivity index (χ1) is 10.2. The highest BCUT2D eigenvalue weighted by atomic mass is 35.5. The van der Waals surface area contributed by atoms with Crippen molar-refractivity contribution in [1.29, 1.82) is 0 Å². The molecule has 0 bridgehead atoms. The van der Waals surface area contributed by atoms with Gasteiger partial charge in [-0.3, -0.25) is 4.57 Å². The summed E-state index contributed by atoms with van der Waals surface area (Å²) in [6.07, 6.45) is 2.18. The van der Waals surface area contributed by atoms with Crippen LogP contribution in [0.3, 0.4) is 0 Å². The Morgan fingerprint density at radius 1 is 1.43 bits per heavy atom. The van der Waals surface area contributed by atoms with Crippen molar-refractivity contribution in [2.45, 2.75) is 36.4 Å². The van der Waals surface area contributed by atoms with Crippen molar-refractivity contribution in [3.63, 3.8) is 0 Å². The average Bonchev–Trinajstić information content (AvgIpc) is 3.11. The second-order valence-electron chi connectivity index (χ2n) is 4.97. The number of nitrogens with one attached hydrogen (secondary N) is 1. The number of benzene rings is 1. The lowest BCUT2D eigenvalue weighted by Gasteiger charge is -2.10. The molecule has 0 spiro atoms. The number of halogens is 1. The summed E-state index contributed by atoms with van der Waals surface area (Å²) in [5, 5.41) is 8.03. The lowest BCUT2D eigenvalue weighted by Crippen LogP contribution is -2.24. The number of H-pyrrole nitrogens is 1. The lowest BCUT2D eigenvalue weighted by atomic mass is 10.2. The maximum Gasteiger partial charge on any atom is 0.344 e. The molecule has 21 heavy (non-hydrogen) atoms. The van der Waals surface area contributed by atoms with Crippen LogP contribution in [-0.4, -0.2) is 27.5 Å². The third kappa shape index (κ3) is 3.70. The third-order valence-corrected chi connectivity index (χ3v) is 4.71. The van der Waals surface area contributed by atoms with E-state index in [0.29, 0.717) is 11.7 Å². The van der Waals surface area contributed by atoms with Gasteiger partial charge in [-0.15, -0.1) is 5.10 Å². The first kappa shape index (κ1) is 14.7. The van der Waals surface area contributed by atoms with Crippen LogP contribution in [0.5, 0.6) is 0 Å². The summed E-state index contributed by atoms with van der Waals surface area (Å²) in [4.78, 5) is 11.8. The van der Waals surface area contributed by atoms with E-state index < -0.39 is 0 Å². The predicted molar refractivity (Wildman–Crippen MR) is 82.8 cm³/mol. The Labute approximate surface area is 131 Å². The summed E-state index contributed by atoms with van der Waals surface area (Å²) in [5.74, 6) is 0.743. The minimum Gasteiger partial charge on any atom is -0.376 e. The van der Waals surface area contributed by atoms with E-state index in [0.717, 1.165) is 35.8 Å². The van der Waals surface area contributed by atoms with Gasteiger partial charge in [0.05, 0.1) is 12.6 Å². The molecular weight excluding hydrogens is 310 g/mol. The van der Waals surface area contributed by atoms with Crippen LogP contribution < -0.4 is 5.69 Å². The normalized spacial score (nSPS) is 18.2. The number of thioether (sulfide) groups is 1. The van der Waals surface area contributed by atoms with E-state index in [1.54, 1.807) is 4.57 Å². The molecule has 1 N–H and O–H groups in total. The van der Waals surface area contributed by atoms with Gasteiger partial charge in [-0.05, 0) is 30.5 Å². The van der Waals surface area contributed by atoms with Crippen molar-refractivity contribution in [3.8, 4) is 0 Å². The van der Waals surface area contributed by atoms with Crippen LogP contribution in [0.15, 0.2) is 34.2 Å². The first-order valence-corrected chi connectivity index (χ1v) is 8.23. The summed E-state index contributed by atoms with van der Waals surface area (Å²) in [6, 6.07) is 7.68. The van der Waals surface area contributed by atoms with Crippen LogP contribution in [0.2, 0.25) is 5.02 Å². The molecule has 5 nitrogen and oxygen atoms in total. The molecule has 0 aliphatic carbocycles. The Morgan fingerprint density at radius 2 is 2.24 bits per heavy atom. The van der Waals surface area contributed by atoms with Crippen LogP contribution >= 0.6 is 23.4 Å². The number of nitrogens with zero attached hydrogens (tertiary/aromatic N) is 2. The van der Waals surface area contributed by atoms with Crippen molar-refractivity contribution < 1.29 is 4.74 Å². The molecule has 1 aromatic heterocycles. The Balaban J connectivity index is 1.67. The monoisotopic (exact) mass is 325 g/mol. The van der Waals surface area contributed by atoms with Crippen molar-refractivity contribution in [2.75, 3.05) is 6.61 Å². The molecule has 112 valence electrons. The van der Waals surface area contributed by atoms with E-state index >= 15 is 0 Å². The SMILES string of the molecule is O=c1[nH]nc(SCc2ccc(Cl)cc2)n1C[C@@H]1CCCO1. The molecule has 0 radical (unpaired) electrons. The van der Waals surface area contributed by atoms with Gasteiger partial charge in [0.1, 0.15) is 0 Å². The molecule has 2 heterocycles. The van der Waals surface area contributed by atoms with Gasteiger partial charge in [-0.2, -0.15) is 0 Å². The van der Waals surface area contributed by atoms with Gasteiger partial charge >= 0.3 is 5.69 Å². The predicted octanol–water partition coefficient (Wildman–Crippen LogP) is 2.70. The number of hydrogen-bond acceptors (Lipinski definition) is 4. The van der Waals surface area contributed by atoms with Gasteiger partial charge in [0, 0.05) is 17.4 Å². The Morgan fingerprint density at radius 3 is 2.95 bits per heavy atom. The second kappa shape index (κ2) is 6.68. The molecule has 1 fully saturated rings. The summed E-state index contributed by atoms with van der Waals surface area (Å²) in [7, 11) is 0. The number of ether oxygens (including phenoxy) is 1. The van der Waals surface area contributed by atoms with Gasteiger partial charge in [-0.25, -0.2) is 9.89 Å². The highest BCUT2D eigenvalue weighted by Gasteiger charge is 2.19. The zero-order valence-electron chi connectivity index (χ0n) is 11.4. The Bertz CT molecular complexity index is 647. The fraction of sp³-hybridized carbons (Fsp3) is 0.429. The lowest BCUT2D eigenvalue weighted by molar-refractivity contribution is 0.0941. The topological polar surface area (TPSA) is 59.9 Å². The molecule has 2 aromatic rings. The molecule has 1 saturated heterocycles. The maximum atomic E-state index is 11.8. The summed E-state index contributed by atoms with van der Waals surface area (Å²) in [6.45, 7) is 1.35. The zero-order valence-corrected chi connectivity index (χ0v) is 13.0.